The Labute approximate surface area is 81.9 Å². The fourth-order valence-electron chi connectivity index (χ4n) is 0.847. The number of halogens is 3. The predicted molar refractivity (Wildman–Crippen MR) is 51.3 cm³/mol. The molecular weight excluding hydrogens is 204 g/mol. The van der Waals surface area contributed by atoms with Gasteiger partial charge in [0.25, 0.3) is 5.92 Å². The molecule has 0 spiro atoms. The topological polar surface area (TPSA) is 26.0 Å². The molecule has 0 amide bonds. The Morgan fingerprint density at radius 1 is 1.67 bits per heavy atom. The zero-order valence-electron chi connectivity index (χ0n) is 6.93. The number of rotatable bonds is 4. The van der Waals surface area contributed by atoms with Gasteiger partial charge in [0.05, 0.1) is 0 Å². The molecule has 0 aliphatic heterocycles. The Bertz CT molecular complexity index is 143. The van der Waals surface area contributed by atoms with Crippen LogP contribution in [0.3, 0.4) is 0 Å². The van der Waals surface area contributed by atoms with Crippen LogP contribution < -0.4 is 5.73 Å². The van der Waals surface area contributed by atoms with Crippen LogP contribution in [0.1, 0.15) is 13.3 Å². The standard InChI is InChI=1S/C7H13F2NS.ClH/c1-5(10)3-11-4-6-2-7(6,8)9;/h5-6H,2-4,10H2,1H3;1H/t5-,6?;/m1./s1. The minimum Gasteiger partial charge on any atom is -0.327 e. The monoisotopic (exact) mass is 217 g/mol. The zero-order chi connectivity index (χ0) is 8.48. The average Bonchev–Trinajstić information content (AvgIpc) is 2.39. The van der Waals surface area contributed by atoms with Crippen LogP contribution in [-0.2, 0) is 0 Å². The van der Waals surface area contributed by atoms with E-state index in [0.29, 0.717) is 5.75 Å². The van der Waals surface area contributed by atoms with E-state index in [0.717, 1.165) is 5.75 Å². The van der Waals surface area contributed by atoms with E-state index in [1.165, 1.54) is 11.8 Å². The van der Waals surface area contributed by atoms with E-state index in [1.54, 1.807) is 0 Å². The SMILES string of the molecule is C[C@@H](N)CSCC1CC1(F)F.Cl. The van der Waals surface area contributed by atoms with Crippen molar-refractivity contribution in [2.75, 3.05) is 11.5 Å². The molecule has 1 saturated carbocycles. The maximum atomic E-state index is 12.3. The Morgan fingerprint density at radius 2 is 2.17 bits per heavy atom. The lowest BCUT2D eigenvalue weighted by Crippen LogP contribution is -2.18. The summed E-state index contributed by atoms with van der Waals surface area (Å²) in [5.74, 6) is -1.38. The van der Waals surface area contributed by atoms with Crippen molar-refractivity contribution < 1.29 is 8.78 Å². The van der Waals surface area contributed by atoms with Gasteiger partial charge in [-0.3, -0.25) is 0 Å². The summed E-state index contributed by atoms with van der Waals surface area (Å²) in [7, 11) is 0. The van der Waals surface area contributed by atoms with E-state index in [1.807, 2.05) is 6.92 Å². The van der Waals surface area contributed by atoms with Crippen LogP contribution in [-0.4, -0.2) is 23.5 Å². The van der Waals surface area contributed by atoms with Gasteiger partial charge < -0.3 is 5.73 Å². The first kappa shape index (κ1) is 12.5. The lowest BCUT2D eigenvalue weighted by molar-refractivity contribution is 0.103. The molecule has 2 N–H and O–H groups in total. The molecule has 1 unspecified atom stereocenters. The van der Waals surface area contributed by atoms with Crippen molar-refractivity contribution in [2.24, 2.45) is 11.7 Å². The molecule has 0 aromatic carbocycles. The third-order valence-corrected chi connectivity index (χ3v) is 3.06. The summed E-state index contributed by atoms with van der Waals surface area (Å²) in [6, 6.07) is 0.118. The molecule has 0 saturated heterocycles. The molecule has 0 aromatic rings. The molecule has 5 heteroatoms. The number of hydrogen-bond donors (Lipinski definition) is 1. The summed E-state index contributed by atoms with van der Waals surface area (Å²) in [5, 5.41) is 0. The van der Waals surface area contributed by atoms with Gasteiger partial charge in [-0.2, -0.15) is 11.8 Å². The highest BCUT2D eigenvalue weighted by atomic mass is 35.5. The summed E-state index contributed by atoms with van der Waals surface area (Å²) in [6.45, 7) is 1.89. The van der Waals surface area contributed by atoms with Gasteiger partial charge in [-0.25, -0.2) is 8.78 Å². The molecule has 0 bridgehead atoms. The molecule has 1 fully saturated rings. The van der Waals surface area contributed by atoms with Crippen LogP contribution >= 0.6 is 24.2 Å². The van der Waals surface area contributed by atoms with Crippen LogP contribution in [0.5, 0.6) is 0 Å². The normalized spacial score (nSPS) is 27.5. The van der Waals surface area contributed by atoms with Crippen LogP contribution in [0, 0.1) is 5.92 Å². The van der Waals surface area contributed by atoms with Crippen molar-refractivity contribution in [2.45, 2.75) is 25.3 Å². The van der Waals surface area contributed by atoms with Gasteiger partial charge >= 0.3 is 0 Å². The first-order valence-corrected chi connectivity index (χ1v) is 4.89. The maximum absolute atomic E-state index is 12.3. The maximum Gasteiger partial charge on any atom is 0.252 e. The summed E-state index contributed by atoms with van der Waals surface area (Å²) in [5.41, 5.74) is 5.46. The minimum atomic E-state index is -2.36. The van der Waals surface area contributed by atoms with Gasteiger partial charge in [0.15, 0.2) is 0 Å². The molecular formula is C7H14ClF2NS. The first-order valence-electron chi connectivity index (χ1n) is 3.73. The third kappa shape index (κ3) is 3.92. The van der Waals surface area contributed by atoms with Gasteiger partial charge in [0, 0.05) is 29.9 Å². The average molecular weight is 218 g/mol. The fourth-order valence-corrected chi connectivity index (χ4v) is 2.00. The Hall–Kier alpha value is 0.460. The smallest absolute Gasteiger partial charge is 0.252 e. The Balaban J connectivity index is 0.00000121. The zero-order valence-corrected chi connectivity index (χ0v) is 8.56. The van der Waals surface area contributed by atoms with Crippen LogP contribution in [0.25, 0.3) is 0 Å². The molecule has 1 nitrogen and oxygen atoms in total. The highest BCUT2D eigenvalue weighted by Crippen LogP contribution is 2.49. The van der Waals surface area contributed by atoms with Gasteiger partial charge in [-0.1, -0.05) is 0 Å². The van der Waals surface area contributed by atoms with Crippen molar-refractivity contribution in [1.29, 1.82) is 0 Å². The largest absolute Gasteiger partial charge is 0.327 e. The second kappa shape index (κ2) is 4.63. The molecule has 2 atom stereocenters. The van der Waals surface area contributed by atoms with E-state index in [9.17, 15) is 8.78 Å². The van der Waals surface area contributed by atoms with Crippen molar-refractivity contribution in [1.82, 2.24) is 0 Å². The lowest BCUT2D eigenvalue weighted by Gasteiger charge is -2.03. The number of hydrogen-bond acceptors (Lipinski definition) is 2. The quantitative estimate of drug-likeness (QED) is 0.781. The molecule has 12 heavy (non-hydrogen) atoms. The molecule has 1 rings (SSSR count). The second-order valence-electron chi connectivity index (χ2n) is 3.18. The van der Waals surface area contributed by atoms with Gasteiger partial charge in [0.1, 0.15) is 0 Å². The van der Waals surface area contributed by atoms with E-state index < -0.39 is 5.92 Å². The van der Waals surface area contributed by atoms with Gasteiger partial charge in [0.2, 0.25) is 0 Å². The third-order valence-electron chi connectivity index (χ3n) is 1.66. The van der Waals surface area contributed by atoms with Crippen LogP contribution in [0.2, 0.25) is 0 Å². The van der Waals surface area contributed by atoms with Crippen LogP contribution in [0.4, 0.5) is 8.78 Å². The summed E-state index contributed by atoms with van der Waals surface area (Å²) < 4.78 is 24.6. The first-order chi connectivity index (χ1) is 5.02. The van der Waals surface area contributed by atoms with E-state index >= 15 is 0 Å². The molecule has 74 valence electrons. The van der Waals surface area contributed by atoms with Crippen molar-refractivity contribution in [3.05, 3.63) is 0 Å². The minimum absolute atomic E-state index is 0. The van der Waals surface area contributed by atoms with E-state index in [4.69, 9.17) is 5.73 Å². The second-order valence-corrected chi connectivity index (χ2v) is 4.25. The molecule has 1 aliphatic carbocycles. The highest BCUT2D eigenvalue weighted by molar-refractivity contribution is 7.99. The Kier molecular flexibility index (Phi) is 4.81. The number of nitrogens with two attached hydrogens (primary N) is 1. The Morgan fingerprint density at radius 3 is 2.50 bits per heavy atom. The molecule has 0 aromatic heterocycles. The highest BCUT2D eigenvalue weighted by Gasteiger charge is 2.56. The summed E-state index contributed by atoms with van der Waals surface area (Å²) in [6.07, 6.45) is 0.0823. The molecule has 0 heterocycles. The molecule has 1 aliphatic rings. The predicted octanol–water partition coefficient (Wildman–Crippen LogP) is 2.14. The summed E-state index contributed by atoms with van der Waals surface area (Å²) >= 11 is 1.53. The van der Waals surface area contributed by atoms with Crippen molar-refractivity contribution >= 4 is 24.2 Å². The molecule has 0 radical (unpaired) electrons. The fraction of sp³-hybridized carbons (Fsp3) is 1.00. The van der Waals surface area contributed by atoms with Crippen molar-refractivity contribution in [3.8, 4) is 0 Å². The van der Waals surface area contributed by atoms with Crippen LogP contribution in [0.15, 0.2) is 0 Å². The van der Waals surface area contributed by atoms with Gasteiger partial charge in [-0.15, -0.1) is 12.4 Å². The van der Waals surface area contributed by atoms with Gasteiger partial charge in [-0.05, 0) is 6.92 Å². The number of alkyl halides is 2. The van der Waals surface area contributed by atoms with Crippen molar-refractivity contribution in [3.63, 3.8) is 0 Å². The summed E-state index contributed by atoms with van der Waals surface area (Å²) in [4.78, 5) is 0. The lowest BCUT2D eigenvalue weighted by atomic mass is 10.4. The van der Waals surface area contributed by atoms with E-state index in [2.05, 4.69) is 0 Å². The number of thioether (sulfide) groups is 1. The van der Waals surface area contributed by atoms with E-state index in [-0.39, 0.29) is 30.8 Å².